The standard InChI is InChI=1S/C31H31BBrNO6/c1-30(2)31(3,4)40-32(39-30)21(14-19-13-20(28(35)36)16-22(33)15-19)17-34-29(37)38-18-27-25-11-7-5-9-23(25)24-10-6-8-12-26(24)27/h5-16,27H,17-18H2,1-4H3,(H,34,37)(H,35,36). The molecule has 5 rings (SSSR count). The van der Waals surface area contributed by atoms with Crippen LogP contribution in [0.2, 0.25) is 0 Å². The maximum absolute atomic E-state index is 12.9. The average Bonchev–Trinajstić information content (AvgIpc) is 3.33. The number of rotatable bonds is 7. The van der Waals surface area contributed by atoms with Crippen LogP contribution in [-0.4, -0.2) is 48.6 Å². The molecular formula is C31H31BBrNO6. The van der Waals surface area contributed by atoms with Gasteiger partial charge < -0.3 is 24.5 Å². The molecule has 1 fully saturated rings. The van der Waals surface area contributed by atoms with E-state index in [0.717, 1.165) is 22.3 Å². The minimum atomic E-state index is -1.04. The molecule has 1 heterocycles. The monoisotopic (exact) mass is 603 g/mol. The lowest BCUT2D eigenvalue weighted by Gasteiger charge is -2.32. The zero-order valence-electron chi connectivity index (χ0n) is 22.9. The van der Waals surface area contributed by atoms with Crippen molar-refractivity contribution in [3.8, 4) is 11.1 Å². The summed E-state index contributed by atoms with van der Waals surface area (Å²) >= 11 is 3.38. The van der Waals surface area contributed by atoms with Crippen LogP contribution >= 0.6 is 15.9 Å². The number of fused-ring (bicyclic) bond motifs is 3. The van der Waals surface area contributed by atoms with E-state index in [9.17, 15) is 14.7 Å². The van der Waals surface area contributed by atoms with Crippen molar-refractivity contribution < 1.29 is 28.7 Å². The summed E-state index contributed by atoms with van der Waals surface area (Å²) in [5, 5.41) is 12.3. The van der Waals surface area contributed by atoms with Gasteiger partial charge in [0.2, 0.25) is 0 Å². The van der Waals surface area contributed by atoms with E-state index < -0.39 is 30.4 Å². The number of ether oxygens (including phenoxy) is 1. The molecule has 0 atom stereocenters. The van der Waals surface area contributed by atoms with Gasteiger partial charge in [-0.1, -0.05) is 70.5 Å². The highest BCUT2D eigenvalue weighted by atomic mass is 79.9. The average molecular weight is 604 g/mol. The number of carbonyl (C=O) groups is 2. The SMILES string of the molecule is CC1(C)OB(C(=Cc2cc(Br)cc(C(=O)O)c2)CNC(=O)OCC2c3ccccc3-c3ccccc32)OC1(C)C. The Morgan fingerprint density at radius 1 is 0.975 bits per heavy atom. The van der Waals surface area contributed by atoms with Crippen molar-refractivity contribution in [1.29, 1.82) is 0 Å². The van der Waals surface area contributed by atoms with E-state index in [0.29, 0.717) is 15.5 Å². The third kappa shape index (κ3) is 5.59. The molecule has 3 aromatic rings. The van der Waals surface area contributed by atoms with E-state index in [2.05, 4.69) is 45.5 Å². The molecule has 0 unspecified atom stereocenters. The van der Waals surface area contributed by atoms with Gasteiger partial charge in [-0.2, -0.15) is 0 Å². The number of alkyl carbamates (subject to hydrolysis) is 1. The molecule has 0 radical (unpaired) electrons. The summed E-state index contributed by atoms with van der Waals surface area (Å²) in [6, 6.07) is 21.2. The van der Waals surface area contributed by atoms with Gasteiger partial charge in [0.05, 0.1) is 16.8 Å². The molecule has 0 bridgehead atoms. The largest absolute Gasteiger partial charge is 0.492 e. The Balaban J connectivity index is 1.33. The first kappa shape index (κ1) is 28.1. The summed E-state index contributed by atoms with van der Waals surface area (Å²) in [6.45, 7) is 8.08. The highest BCUT2D eigenvalue weighted by Crippen LogP contribution is 2.44. The maximum atomic E-state index is 12.9. The smallest absolute Gasteiger partial charge is 0.478 e. The molecule has 7 nitrogen and oxygen atoms in total. The maximum Gasteiger partial charge on any atom is 0.492 e. The van der Waals surface area contributed by atoms with Crippen LogP contribution in [0, 0.1) is 0 Å². The Bertz CT molecular complexity index is 1440. The molecule has 1 aliphatic heterocycles. The van der Waals surface area contributed by atoms with E-state index in [1.54, 1.807) is 18.2 Å². The van der Waals surface area contributed by atoms with Crippen LogP contribution < -0.4 is 5.32 Å². The van der Waals surface area contributed by atoms with Gasteiger partial charge in [0, 0.05) is 16.9 Å². The van der Waals surface area contributed by atoms with Crippen molar-refractivity contribution in [1.82, 2.24) is 5.32 Å². The molecule has 1 aliphatic carbocycles. The van der Waals surface area contributed by atoms with Gasteiger partial charge in [-0.25, -0.2) is 9.59 Å². The van der Waals surface area contributed by atoms with E-state index in [-0.39, 0.29) is 24.6 Å². The molecule has 0 saturated carbocycles. The number of nitrogens with one attached hydrogen (secondary N) is 1. The zero-order chi connectivity index (χ0) is 28.7. The number of hydrogen-bond acceptors (Lipinski definition) is 5. The summed E-state index contributed by atoms with van der Waals surface area (Å²) in [5.41, 5.74) is 4.80. The van der Waals surface area contributed by atoms with E-state index >= 15 is 0 Å². The second-order valence-electron chi connectivity index (χ2n) is 11.1. The van der Waals surface area contributed by atoms with Gasteiger partial charge in [0.1, 0.15) is 6.61 Å². The molecule has 40 heavy (non-hydrogen) atoms. The number of amides is 1. The predicted octanol–water partition coefficient (Wildman–Crippen LogP) is 6.70. The molecule has 2 N–H and O–H groups in total. The molecule has 0 aromatic heterocycles. The molecule has 9 heteroatoms. The lowest BCUT2D eigenvalue weighted by Crippen LogP contribution is -2.41. The van der Waals surface area contributed by atoms with Gasteiger partial charge in [-0.3, -0.25) is 0 Å². The second kappa shape index (κ2) is 10.9. The number of benzene rings is 3. The number of carbonyl (C=O) groups excluding carboxylic acids is 1. The molecule has 1 saturated heterocycles. The highest BCUT2D eigenvalue weighted by molar-refractivity contribution is 9.10. The third-order valence-electron chi connectivity index (χ3n) is 7.86. The van der Waals surface area contributed by atoms with Gasteiger partial charge >= 0.3 is 19.2 Å². The van der Waals surface area contributed by atoms with Crippen LogP contribution in [0.4, 0.5) is 4.79 Å². The van der Waals surface area contributed by atoms with Crippen molar-refractivity contribution in [3.63, 3.8) is 0 Å². The number of carboxylic acid groups (broad SMARTS) is 1. The highest BCUT2D eigenvalue weighted by Gasteiger charge is 2.52. The van der Waals surface area contributed by atoms with Crippen LogP contribution in [0.15, 0.2) is 76.7 Å². The topological polar surface area (TPSA) is 94.1 Å². The number of halogens is 1. The Morgan fingerprint density at radius 2 is 1.55 bits per heavy atom. The minimum absolute atomic E-state index is 0.0487. The summed E-state index contributed by atoms with van der Waals surface area (Å²) in [6.07, 6.45) is 1.22. The van der Waals surface area contributed by atoms with Crippen LogP contribution in [-0.2, 0) is 14.0 Å². The van der Waals surface area contributed by atoms with Crippen LogP contribution in [0.25, 0.3) is 17.2 Å². The van der Waals surface area contributed by atoms with Crippen LogP contribution in [0.3, 0.4) is 0 Å². The lowest BCUT2D eigenvalue weighted by molar-refractivity contribution is 0.00578. The number of hydrogen-bond donors (Lipinski definition) is 2. The van der Waals surface area contributed by atoms with Gasteiger partial charge in [0.15, 0.2) is 0 Å². The van der Waals surface area contributed by atoms with E-state index in [1.807, 2.05) is 52.0 Å². The second-order valence-corrected chi connectivity index (χ2v) is 12.0. The van der Waals surface area contributed by atoms with Crippen molar-refractivity contribution in [2.75, 3.05) is 13.2 Å². The molecule has 2 aliphatic rings. The van der Waals surface area contributed by atoms with Crippen molar-refractivity contribution in [2.24, 2.45) is 0 Å². The molecule has 3 aromatic carbocycles. The first-order valence-electron chi connectivity index (χ1n) is 13.1. The molecule has 1 amide bonds. The van der Waals surface area contributed by atoms with Gasteiger partial charge in [-0.05, 0) is 79.2 Å². The fourth-order valence-electron chi connectivity index (χ4n) is 5.05. The Labute approximate surface area is 242 Å². The predicted molar refractivity (Wildman–Crippen MR) is 158 cm³/mol. The summed E-state index contributed by atoms with van der Waals surface area (Å²) in [4.78, 5) is 24.5. The number of carboxylic acids is 1. The summed E-state index contributed by atoms with van der Waals surface area (Å²) in [7, 11) is -0.744. The van der Waals surface area contributed by atoms with Crippen molar-refractivity contribution >= 4 is 41.2 Å². The van der Waals surface area contributed by atoms with Crippen LogP contribution in [0.1, 0.15) is 60.7 Å². The number of aromatic carboxylic acids is 1. The van der Waals surface area contributed by atoms with Gasteiger partial charge in [0.25, 0.3) is 0 Å². The van der Waals surface area contributed by atoms with Gasteiger partial charge in [-0.15, -0.1) is 0 Å². The van der Waals surface area contributed by atoms with E-state index in [1.165, 1.54) is 6.07 Å². The van der Waals surface area contributed by atoms with Crippen LogP contribution in [0.5, 0.6) is 0 Å². The Kier molecular flexibility index (Phi) is 7.65. The van der Waals surface area contributed by atoms with Crippen molar-refractivity contribution in [2.45, 2.75) is 44.8 Å². The lowest BCUT2D eigenvalue weighted by atomic mass is 9.77. The Hall–Kier alpha value is -3.40. The summed E-state index contributed by atoms with van der Waals surface area (Å²) in [5.74, 6) is -1.09. The van der Waals surface area contributed by atoms with E-state index in [4.69, 9.17) is 14.0 Å². The fraction of sp³-hybridized carbons (Fsp3) is 0.290. The third-order valence-corrected chi connectivity index (χ3v) is 8.31. The molecule has 0 spiro atoms. The first-order valence-corrected chi connectivity index (χ1v) is 13.9. The molecule has 206 valence electrons. The first-order chi connectivity index (χ1) is 18.9. The normalized spacial score (nSPS) is 17.3. The summed E-state index contributed by atoms with van der Waals surface area (Å²) < 4.78 is 18.8. The quantitative estimate of drug-likeness (QED) is 0.292. The zero-order valence-corrected chi connectivity index (χ0v) is 24.4. The minimum Gasteiger partial charge on any atom is -0.478 e. The van der Waals surface area contributed by atoms with Crippen molar-refractivity contribution in [3.05, 3.63) is 98.9 Å². The Morgan fingerprint density at radius 3 is 2.12 bits per heavy atom. The molecular weight excluding hydrogens is 573 g/mol. The fourth-order valence-corrected chi connectivity index (χ4v) is 5.56.